The standard InChI is InChI=1S/C22H18N2O4S/c1-24(2)29(27,28)16-10-8-15(9-11-16)23-22(26)14-7-12-18-17-5-3-4-6-19(17)21(25)20(18)13-14/h3-13H,1-2H3,(H,23,26). The van der Waals surface area contributed by atoms with Gasteiger partial charge in [0.1, 0.15) is 0 Å². The zero-order chi connectivity index (χ0) is 20.8. The zero-order valence-corrected chi connectivity index (χ0v) is 16.7. The van der Waals surface area contributed by atoms with Crippen molar-refractivity contribution in [3.8, 4) is 11.1 Å². The molecule has 3 aromatic carbocycles. The lowest BCUT2D eigenvalue weighted by Crippen LogP contribution is -2.22. The molecule has 0 saturated carbocycles. The van der Waals surface area contributed by atoms with Gasteiger partial charge in [-0.1, -0.05) is 30.3 Å². The molecule has 0 aliphatic heterocycles. The number of nitrogens with one attached hydrogen (secondary N) is 1. The van der Waals surface area contributed by atoms with E-state index in [1.807, 2.05) is 18.2 Å². The first-order valence-corrected chi connectivity index (χ1v) is 10.3. The van der Waals surface area contributed by atoms with Crippen LogP contribution in [0.3, 0.4) is 0 Å². The van der Waals surface area contributed by atoms with E-state index >= 15 is 0 Å². The molecule has 0 bridgehead atoms. The van der Waals surface area contributed by atoms with Gasteiger partial charge in [0.05, 0.1) is 4.90 Å². The Kier molecular flexibility index (Phi) is 4.56. The maximum Gasteiger partial charge on any atom is 0.255 e. The van der Waals surface area contributed by atoms with Crippen molar-refractivity contribution in [1.29, 1.82) is 0 Å². The maximum absolute atomic E-state index is 12.6. The van der Waals surface area contributed by atoms with Crippen LogP contribution in [0, 0.1) is 0 Å². The minimum atomic E-state index is -3.53. The lowest BCUT2D eigenvalue weighted by molar-refractivity contribution is 0.102. The topological polar surface area (TPSA) is 83.6 Å². The van der Waals surface area contributed by atoms with Gasteiger partial charge in [0, 0.05) is 36.5 Å². The van der Waals surface area contributed by atoms with Gasteiger partial charge in [0.2, 0.25) is 10.0 Å². The molecule has 1 N–H and O–H groups in total. The number of carbonyl (C=O) groups is 2. The van der Waals surface area contributed by atoms with Gasteiger partial charge in [0.25, 0.3) is 5.91 Å². The molecule has 146 valence electrons. The van der Waals surface area contributed by atoms with Gasteiger partial charge < -0.3 is 5.32 Å². The highest BCUT2D eigenvalue weighted by Gasteiger charge is 2.27. The van der Waals surface area contributed by atoms with Crippen LogP contribution in [0.15, 0.2) is 71.6 Å². The molecule has 0 unspecified atom stereocenters. The van der Waals surface area contributed by atoms with Crippen molar-refractivity contribution in [2.75, 3.05) is 19.4 Å². The number of amides is 1. The van der Waals surface area contributed by atoms with Crippen LogP contribution in [-0.2, 0) is 10.0 Å². The summed E-state index contributed by atoms with van der Waals surface area (Å²) in [6, 6.07) is 18.3. The number of fused-ring (bicyclic) bond motifs is 3. The van der Waals surface area contributed by atoms with Crippen molar-refractivity contribution in [3.05, 3.63) is 83.4 Å². The quantitative estimate of drug-likeness (QED) is 0.563. The summed E-state index contributed by atoms with van der Waals surface area (Å²) in [5.41, 5.74) is 3.65. The third-order valence-corrected chi connectivity index (χ3v) is 6.71. The second kappa shape index (κ2) is 6.95. The number of rotatable bonds is 4. The molecule has 1 amide bonds. The molecule has 0 heterocycles. The molecular weight excluding hydrogens is 388 g/mol. The predicted octanol–water partition coefficient (Wildman–Crippen LogP) is 3.40. The summed E-state index contributed by atoms with van der Waals surface area (Å²) in [7, 11) is -0.617. The Hall–Kier alpha value is -3.29. The monoisotopic (exact) mass is 406 g/mol. The molecule has 0 spiro atoms. The Bertz CT molecular complexity index is 1250. The average molecular weight is 406 g/mol. The molecule has 0 saturated heterocycles. The van der Waals surface area contributed by atoms with Crippen molar-refractivity contribution in [2.24, 2.45) is 0 Å². The van der Waals surface area contributed by atoms with E-state index in [0.717, 1.165) is 15.4 Å². The van der Waals surface area contributed by atoms with E-state index in [2.05, 4.69) is 5.32 Å². The lowest BCUT2D eigenvalue weighted by Gasteiger charge is -2.12. The summed E-state index contributed by atoms with van der Waals surface area (Å²) in [4.78, 5) is 25.4. The lowest BCUT2D eigenvalue weighted by atomic mass is 10.0. The predicted molar refractivity (Wildman–Crippen MR) is 111 cm³/mol. The summed E-state index contributed by atoms with van der Waals surface area (Å²) >= 11 is 0. The molecule has 4 rings (SSSR count). The second-order valence-electron chi connectivity index (χ2n) is 6.90. The fourth-order valence-corrected chi connectivity index (χ4v) is 4.20. The van der Waals surface area contributed by atoms with E-state index in [1.54, 1.807) is 24.3 Å². The molecule has 1 aliphatic carbocycles. The van der Waals surface area contributed by atoms with E-state index < -0.39 is 10.0 Å². The van der Waals surface area contributed by atoms with E-state index in [4.69, 9.17) is 0 Å². The molecule has 1 aliphatic rings. The number of benzene rings is 3. The molecular formula is C22H18N2O4S. The molecule has 6 nitrogen and oxygen atoms in total. The summed E-state index contributed by atoms with van der Waals surface area (Å²) < 4.78 is 25.4. The van der Waals surface area contributed by atoms with Crippen LogP contribution >= 0.6 is 0 Å². The Balaban J connectivity index is 1.57. The van der Waals surface area contributed by atoms with Crippen molar-refractivity contribution in [3.63, 3.8) is 0 Å². The van der Waals surface area contributed by atoms with Crippen molar-refractivity contribution < 1.29 is 18.0 Å². The number of carbonyl (C=O) groups excluding carboxylic acids is 2. The number of anilines is 1. The molecule has 0 atom stereocenters. The molecule has 29 heavy (non-hydrogen) atoms. The van der Waals surface area contributed by atoms with Gasteiger partial charge in [-0.25, -0.2) is 12.7 Å². The number of ketones is 1. The molecule has 0 aromatic heterocycles. The van der Waals surface area contributed by atoms with E-state index in [0.29, 0.717) is 22.4 Å². The van der Waals surface area contributed by atoms with E-state index in [1.165, 1.54) is 38.4 Å². The fourth-order valence-electron chi connectivity index (χ4n) is 3.29. The van der Waals surface area contributed by atoms with Gasteiger partial charge >= 0.3 is 0 Å². The Morgan fingerprint density at radius 1 is 0.828 bits per heavy atom. The Morgan fingerprint density at radius 2 is 1.45 bits per heavy atom. The molecule has 3 aromatic rings. The Morgan fingerprint density at radius 3 is 2.10 bits per heavy atom. The van der Waals surface area contributed by atoms with Crippen molar-refractivity contribution in [1.82, 2.24) is 4.31 Å². The highest BCUT2D eigenvalue weighted by molar-refractivity contribution is 7.89. The third kappa shape index (κ3) is 3.24. The Labute approximate surface area is 168 Å². The van der Waals surface area contributed by atoms with Crippen LogP contribution in [0.1, 0.15) is 26.3 Å². The number of hydrogen-bond acceptors (Lipinski definition) is 4. The van der Waals surface area contributed by atoms with Gasteiger partial charge in [0.15, 0.2) is 5.78 Å². The first kappa shape index (κ1) is 19.0. The van der Waals surface area contributed by atoms with Gasteiger partial charge in [-0.15, -0.1) is 0 Å². The summed E-state index contributed by atoms with van der Waals surface area (Å²) in [6.07, 6.45) is 0. The van der Waals surface area contributed by atoms with Gasteiger partial charge in [-0.3, -0.25) is 9.59 Å². The van der Waals surface area contributed by atoms with Crippen LogP contribution < -0.4 is 5.32 Å². The van der Waals surface area contributed by atoms with Crippen LogP contribution in [-0.4, -0.2) is 38.5 Å². The average Bonchev–Trinajstić information content (AvgIpc) is 3.00. The highest BCUT2D eigenvalue weighted by atomic mass is 32.2. The minimum Gasteiger partial charge on any atom is -0.322 e. The minimum absolute atomic E-state index is 0.0940. The van der Waals surface area contributed by atoms with Crippen LogP contribution in [0.5, 0.6) is 0 Å². The molecule has 0 radical (unpaired) electrons. The zero-order valence-electron chi connectivity index (χ0n) is 15.8. The fraction of sp³-hybridized carbons (Fsp3) is 0.0909. The number of nitrogens with zero attached hydrogens (tertiary/aromatic N) is 1. The summed E-state index contributed by atoms with van der Waals surface area (Å²) in [5, 5.41) is 2.73. The van der Waals surface area contributed by atoms with Crippen LogP contribution in [0.25, 0.3) is 11.1 Å². The molecule has 0 fully saturated rings. The number of hydrogen-bond donors (Lipinski definition) is 1. The van der Waals surface area contributed by atoms with E-state index in [9.17, 15) is 18.0 Å². The third-order valence-electron chi connectivity index (χ3n) is 4.88. The van der Waals surface area contributed by atoms with Crippen molar-refractivity contribution >= 4 is 27.4 Å². The maximum atomic E-state index is 12.6. The smallest absolute Gasteiger partial charge is 0.255 e. The SMILES string of the molecule is CN(C)S(=O)(=O)c1ccc(NC(=O)c2ccc3c(c2)C(=O)c2ccccc2-3)cc1. The van der Waals surface area contributed by atoms with Crippen LogP contribution in [0.2, 0.25) is 0 Å². The first-order chi connectivity index (χ1) is 13.8. The first-order valence-electron chi connectivity index (χ1n) is 8.91. The largest absolute Gasteiger partial charge is 0.322 e. The van der Waals surface area contributed by atoms with Crippen LogP contribution in [0.4, 0.5) is 5.69 Å². The normalized spacial score (nSPS) is 12.6. The summed E-state index contributed by atoms with van der Waals surface area (Å²) in [6.45, 7) is 0. The van der Waals surface area contributed by atoms with Gasteiger partial charge in [-0.2, -0.15) is 0 Å². The van der Waals surface area contributed by atoms with Crippen molar-refractivity contribution in [2.45, 2.75) is 4.90 Å². The summed E-state index contributed by atoms with van der Waals surface area (Å²) in [5.74, 6) is -0.469. The van der Waals surface area contributed by atoms with E-state index in [-0.39, 0.29) is 16.6 Å². The molecule has 7 heteroatoms. The highest BCUT2D eigenvalue weighted by Crippen LogP contribution is 2.36. The number of sulfonamides is 1. The van der Waals surface area contributed by atoms with Gasteiger partial charge in [-0.05, 0) is 47.5 Å². The second-order valence-corrected chi connectivity index (χ2v) is 9.05.